The Morgan fingerprint density at radius 1 is 0.950 bits per heavy atom. The first-order valence-corrected chi connectivity index (χ1v) is 8.33. The molecule has 0 aliphatic carbocycles. The van der Waals surface area contributed by atoms with Crippen LogP contribution in [0.15, 0.2) is 53.9 Å². The van der Waals surface area contributed by atoms with Gasteiger partial charge in [0.25, 0.3) is 0 Å². The lowest BCUT2D eigenvalue weighted by molar-refractivity contribution is 0.604. The van der Waals surface area contributed by atoms with Crippen LogP contribution in [0.25, 0.3) is 6.08 Å². The Morgan fingerprint density at radius 2 is 1.60 bits per heavy atom. The van der Waals surface area contributed by atoms with Gasteiger partial charge in [0.05, 0.1) is 5.75 Å². The molecule has 2 aromatic rings. The molecule has 0 bridgehead atoms. The van der Waals surface area contributed by atoms with Gasteiger partial charge in [0.15, 0.2) is 9.84 Å². The first kappa shape index (κ1) is 15.1. The van der Waals surface area contributed by atoms with E-state index in [4.69, 9.17) is 23.2 Å². The molecule has 0 unspecified atom stereocenters. The van der Waals surface area contributed by atoms with Gasteiger partial charge >= 0.3 is 0 Å². The normalized spacial score (nSPS) is 11.9. The van der Waals surface area contributed by atoms with Crippen molar-refractivity contribution in [3.63, 3.8) is 0 Å². The molecule has 0 heterocycles. The van der Waals surface area contributed by atoms with Gasteiger partial charge in [-0.3, -0.25) is 0 Å². The molecule has 2 rings (SSSR count). The van der Waals surface area contributed by atoms with Gasteiger partial charge in [-0.05, 0) is 35.4 Å². The van der Waals surface area contributed by atoms with Crippen LogP contribution in [0.4, 0.5) is 0 Å². The van der Waals surface area contributed by atoms with Crippen LogP contribution in [0.3, 0.4) is 0 Å². The van der Waals surface area contributed by atoms with Crippen molar-refractivity contribution < 1.29 is 8.42 Å². The van der Waals surface area contributed by atoms with Crippen LogP contribution in [0.1, 0.15) is 11.1 Å². The number of rotatable bonds is 4. The Bertz CT molecular complexity index is 720. The van der Waals surface area contributed by atoms with Gasteiger partial charge < -0.3 is 0 Å². The zero-order valence-corrected chi connectivity index (χ0v) is 12.8. The molecule has 2 nitrogen and oxygen atoms in total. The molecule has 0 spiro atoms. The predicted molar refractivity (Wildman–Crippen MR) is 84.6 cm³/mol. The SMILES string of the molecule is O=S(=O)(/C=C\c1ccc(Cl)cc1)Cc1ccccc1Cl. The topological polar surface area (TPSA) is 34.1 Å². The molecule has 0 atom stereocenters. The molecule has 104 valence electrons. The average Bonchev–Trinajstić information content (AvgIpc) is 2.41. The minimum Gasteiger partial charge on any atom is -0.224 e. The van der Waals surface area contributed by atoms with Crippen molar-refractivity contribution in [2.45, 2.75) is 5.75 Å². The summed E-state index contributed by atoms with van der Waals surface area (Å²) >= 11 is 11.7. The summed E-state index contributed by atoms with van der Waals surface area (Å²) in [6, 6.07) is 13.8. The Labute approximate surface area is 128 Å². The molecule has 0 fully saturated rings. The molecule has 20 heavy (non-hydrogen) atoms. The fourth-order valence-corrected chi connectivity index (χ4v) is 3.19. The molecular weight excluding hydrogens is 315 g/mol. The Morgan fingerprint density at radius 3 is 2.25 bits per heavy atom. The van der Waals surface area contributed by atoms with Crippen LogP contribution in [0, 0.1) is 0 Å². The molecule has 0 aliphatic heterocycles. The Hall–Kier alpha value is -1.29. The van der Waals surface area contributed by atoms with Gasteiger partial charge in [-0.2, -0.15) is 0 Å². The van der Waals surface area contributed by atoms with E-state index in [2.05, 4.69) is 0 Å². The van der Waals surface area contributed by atoms with Gasteiger partial charge in [0.1, 0.15) is 0 Å². The van der Waals surface area contributed by atoms with Crippen LogP contribution < -0.4 is 0 Å². The third kappa shape index (κ3) is 4.37. The van der Waals surface area contributed by atoms with E-state index < -0.39 is 9.84 Å². The van der Waals surface area contributed by atoms with E-state index in [1.54, 1.807) is 54.6 Å². The molecule has 0 saturated heterocycles. The highest BCUT2D eigenvalue weighted by Crippen LogP contribution is 2.19. The quantitative estimate of drug-likeness (QED) is 0.824. The number of hydrogen-bond donors (Lipinski definition) is 0. The highest BCUT2D eigenvalue weighted by atomic mass is 35.5. The first-order valence-electron chi connectivity index (χ1n) is 5.86. The van der Waals surface area contributed by atoms with Crippen LogP contribution in [0.5, 0.6) is 0 Å². The Kier molecular flexibility index (Phi) is 4.86. The van der Waals surface area contributed by atoms with E-state index in [1.165, 1.54) is 5.41 Å². The number of benzene rings is 2. The summed E-state index contributed by atoms with van der Waals surface area (Å²) < 4.78 is 24.0. The summed E-state index contributed by atoms with van der Waals surface area (Å²) in [5.74, 6) is -0.114. The maximum absolute atomic E-state index is 12.0. The fraction of sp³-hybridized carbons (Fsp3) is 0.0667. The highest BCUT2D eigenvalue weighted by molar-refractivity contribution is 7.93. The van der Waals surface area contributed by atoms with E-state index >= 15 is 0 Å². The smallest absolute Gasteiger partial charge is 0.175 e. The molecule has 0 amide bonds. The van der Waals surface area contributed by atoms with E-state index in [9.17, 15) is 8.42 Å². The summed E-state index contributed by atoms with van der Waals surface area (Å²) in [6.45, 7) is 0. The molecule has 2 aromatic carbocycles. The summed E-state index contributed by atoms with van der Waals surface area (Å²) in [4.78, 5) is 0. The Balaban J connectivity index is 2.15. The summed E-state index contributed by atoms with van der Waals surface area (Å²) in [7, 11) is -3.36. The summed E-state index contributed by atoms with van der Waals surface area (Å²) in [5.41, 5.74) is 1.37. The first-order chi connectivity index (χ1) is 9.46. The van der Waals surface area contributed by atoms with E-state index in [0.29, 0.717) is 15.6 Å². The van der Waals surface area contributed by atoms with Crippen molar-refractivity contribution >= 4 is 39.1 Å². The molecule has 0 aliphatic rings. The zero-order chi connectivity index (χ0) is 14.6. The number of sulfone groups is 1. The van der Waals surface area contributed by atoms with Crippen molar-refractivity contribution in [2.75, 3.05) is 0 Å². The second-order valence-corrected chi connectivity index (χ2v) is 6.98. The van der Waals surface area contributed by atoms with Crippen molar-refractivity contribution in [2.24, 2.45) is 0 Å². The fourth-order valence-electron chi connectivity index (χ4n) is 1.64. The van der Waals surface area contributed by atoms with Crippen LogP contribution in [-0.4, -0.2) is 8.42 Å². The van der Waals surface area contributed by atoms with Gasteiger partial charge in [-0.1, -0.05) is 53.5 Å². The molecule has 5 heteroatoms. The monoisotopic (exact) mass is 326 g/mol. The van der Waals surface area contributed by atoms with Crippen molar-refractivity contribution in [1.82, 2.24) is 0 Å². The van der Waals surface area contributed by atoms with E-state index in [-0.39, 0.29) is 5.75 Å². The second kappa shape index (κ2) is 6.44. The lowest BCUT2D eigenvalue weighted by atomic mass is 10.2. The zero-order valence-electron chi connectivity index (χ0n) is 10.5. The predicted octanol–water partition coefficient (Wildman–Crippen LogP) is 4.58. The van der Waals surface area contributed by atoms with E-state index in [0.717, 1.165) is 5.56 Å². The second-order valence-electron chi connectivity index (χ2n) is 4.25. The van der Waals surface area contributed by atoms with Crippen LogP contribution >= 0.6 is 23.2 Å². The van der Waals surface area contributed by atoms with Crippen LogP contribution in [0.2, 0.25) is 10.0 Å². The summed E-state index contributed by atoms with van der Waals surface area (Å²) in [5, 5.41) is 2.26. The number of hydrogen-bond acceptors (Lipinski definition) is 2. The molecular formula is C15H12Cl2O2S. The minimum atomic E-state index is -3.36. The van der Waals surface area contributed by atoms with Crippen LogP contribution in [-0.2, 0) is 15.6 Å². The van der Waals surface area contributed by atoms with Crippen molar-refractivity contribution in [1.29, 1.82) is 0 Å². The summed E-state index contributed by atoms with van der Waals surface area (Å²) in [6.07, 6.45) is 1.54. The highest BCUT2D eigenvalue weighted by Gasteiger charge is 2.10. The van der Waals surface area contributed by atoms with Gasteiger partial charge in [0.2, 0.25) is 0 Å². The molecule has 0 N–H and O–H groups in total. The van der Waals surface area contributed by atoms with Gasteiger partial charge in [-0.15, -0.1) is 0 Å². The van der Waals surface area contributed by atoms with Crippen molar-refractivity contribution in [3.8, 4) is 0 Å². The lowest BCUT2D eigenvalue weighted by Gasteiger charge is -2.02. The van der Waals surface area contributed by atoms with Gasteiger partial charge in [0, 0.05) is 15.5 Å². The molecule has 0 saturated carbocycles. The lowest BCUT2D eigenvalue weighted by Crippen LogP contribution is -2.00. The molecule has 0 radical (unpaired) electrons. The number of halogens is 2. The van der Waals surface area contributed by atoms with Gasteiger partial charge in [-0.25, -0.2) is 8.42 Å². The minimum absolute atomic E-state index is 0.114. The maximum atomic E-state index is 12.0. The van der Waals surface area contributed by atoms with Crippen molar-refractivity contribution in [3.05, 3.63) is 75.1 Å². The largest absolute Gasteiger partial charge is 0.224 e. The molecule has 0 aromatic heterocycles. The maximum Gasteiger partial charge on any atom is 0.175 e. The average molecular weight is 327 g/mol. The third-order valence-corrected chi connectivity index (χ3v) is 4.54. The van der Waals surface area contributed by atoms with E-state index in [1.807, 2.05) is 0 Å². The standard InChI is InChI=1S/C15H12Cl2O2S/c16-14-7-5-12(6-8-14)9-10-20(18,19)11-13-3-1-2-4-15(13)17/h1-10H,11H2/b10-9-. The third-order valence-electron chi connectivity index (χ3n) is 2.65.